The lowest BCUT2D eigenvalue weighted by atomic mass is 9.99. The van der Waals surface area contributed by atoms with Crippen LogP contribution in [0.25, 0.3) is 22.3 Å². The highest BCUT2D eigenvalue weighted by Gasteiger charge is 2.21. The number of rotatable bonds is 8. The summed E-state index contributed by atoms with van der Waals surface area (Å²) < 4.78 is 27.6. The molecule has 0 bridgehead atoms. The summed E-state index contributed by atoms with van der Waals surface area (Å²) in [7, 11) is -3.56. The molecule has 2 aromatic carbocycles. The Morgan fingerprint density at radius 3 is 2.24 bits per heavy atom. The lowest BCUT2D eigenvalue weighted by Gasteiger charge is -2.08. The van der Waals surface area contributed by atoms with Gasteiger partial charge in [0.2, 0.25) is 10.0 Å². The Balaban J connectivity index is 1.61. The van der Waals surface area contributed by atoms with E-state index in [9.17, 15) is 18.3 Å². The van der Waals surface area contributed by atoms with Crippen LogP contribution < -0.4 is 4.72 Å². The van der Waals surface area contributed by atoms with E-state index in [0.717, 1.165) is 27.8 Å². The zero-order chi connectivity index (χ0) is 24.3. The first-order valence-corrected chi connectivity index (χ1v) is 12.7. The van der Waals surface area contributed by atoms with E-state index in [1.807, 2.05) is 48.5 Å². The van der Waals surface area contributed by atoms with Crippen molar-refractivity contribution in [3.05, 3.63) is 102 Å². The number of carbonyl (C=O) groups is 1. The van der Waals surface area contributed by atoms with Crippen LogP contribution in [0.3, 0.4) is 0 Å². The van der Waals surface area contributed by atoms with Gasteiger partial charge in [-0.1, -0.05) is 80.6 Å². The summed E-state index contributed by atoms with van der Waals surface area (Å²) in [5.41, 5.74) is 5.71. The van der Waals surface area contributed by atoms with Crippen LogP contribution in [0.15, 0.2) is 89.8 Å². The van der Waals surface area contributed by atoms with Crippen molar-refractivity contribution in [2.24, 2.45) is 0 Å². The van der Waals surface area contributed by atoms with Crippen LogP contribution in [0.1, 0.15) is 41.3 Å². The van der Waals surface area contributed by atoms with Crippen LogP contribution >= 0.6 is 0 Å². The molecule has 174 valence electrons. The molecule has 0 radical (unpaired) electrons. The summed E-state index contributed by atoms with van der Waals surface area (Å²) in [5, 5.41) is 9.78. The largest absolute Gasteiger partial charge is 0.478 e. The zero-order valence-electron chi connectivity index (χ0n) is 19.2. The Morgan fingerprint density at radius 2 is 1.56 bits per heavy atom. The number of aromatic carboxylic acids is 1. The van der Waals surface area contributed by atoms with Crippen LogP contribution in [0.5, 0.6) is 0 Å². The first-order chi connectivity index (χ1) is 16.3. The Labute approximate surface area is 200 Å². The van der Waals surface area contributed by atoms with Gasteiger partial charge in [-0.15, -0.1) is 0 Å². The van der Waals surface area contributed by atoms with Crippen LogP contribution in [-0.4, -0.2) is 26.0 Å². The van der Waals surface area contributed by atoms with E-state index >= 15 is 0 Å². The highest BCUT2D eigenvalue weighted by atomic mass is 32.2. The molecule has 6 heteroatoms. The summed E-state index contributed by atoms with van der Waals surface area (Å²) >= 11 is 0. The molecule has 0 saturated heterocycles. The fraction of sp³-hybridized carbons (Fsp3) is 0.179. The van der Waals surface area contributed by atoms with Gasteiger partial charge in [-0.25, -0.2) is 17.9 Å². The molecule has 2 aromatic rings. The maximum absolute atomic E-state index is 12.5. The van der Waals surface area contributed by atoms with Crippen molar-refractivity contribution in [3.8, 4) is 22.3 Å². The van der Waals surface area contributed by atoms with E-state index in [2.05, 4.69) is 18.6 Å². The number of carboxylic acid groups (broad SMARTS) is 1. The fourth-order valence-corrected chi connectivity index (χ4v) is 5.12. The zero-order valence-corrected chi connectivity index (χ0v) is 20.0. The summed E-state index contributed by atoms with van der Waals surface area (Å²) in [6.45, 7) is 4.47. The topological polar surface area (TPSA) is 83.5 Å². The third kappa shape index (κ3) is 5.03. The van der Waals surface area contributed by atoms with Crippen molar-refractivity contribution in [2.45, 2.75) is 31.1 Å². The highest BCUT2D eigenvalue weighted by Crippen LogP contribution is 2.39. The molecule has 0 heterocycles. The molecule has 0 fully saturated rings. The van der Waals surface area contributed by atoms with Gasteiger partial charge >= 0.3 is 5.97 Å². The second kappa shape index (κ2) is 9.79. The smallest absolute Gasteiger partial charge is 0.336 e. The van der Waals surface area contributed by atoms with E-state index in [1.54, 1.807) is 36.4 Å². The van der Waals surface area contributed by atoms with Gasteiger partial charge in [-0.3, -0.25) is 0 Å². The first-order valence-electron chi connectivity index (χ1n) is 11.2. The SMILES string of the molecule is CC(C)c1ccc2c(C(=O)O)cc(-c3cccc(CCNS(=O)(=O)c4ccccc4)c3)c-2cc1. The number of sulfonamides is 1. The monoisotopic (exact) mass is 473 g/mol. The van der Waals surface area contributed by atoms with Crippen LogP contribution in [0.2, 0.25) is 0 Å². The van der Waals surface area contributed by atoms with Gasteiger partial charge < -0.3 is 5.11 Å². The van der Waals surface area contributed by atoms with Crippen molar-refractivity contribution in [3.63, 3.8) is 0 Å². The molecule has 5 nitrogen and oxygen atoms in total. The molecule has 0 aliphatic heterocycles. The summed E-state index contributed by atoms with van der Waals surface area (Å²) in [6.07, 6.45) is 0.510. The van der Waals surface area contributed by atoms with E-state index in [4.69, 9.17) is 0 Å². The molecule has 2 aliphatic rings. The molecule has 2 aliphatic carbocycles. The third-order valence-electron chi connectivity index (χ3n) is 5.94. The maximum atomic E-state index is 12.5. The molecule has 0 unspecified atom stereocenters. The van der Waals surface area contributed by atoms with Crippen molar-refractivity contribution in [2.75, 3.05) is 6.54 Å². The molecule has 4 rings (SSSR count). The van der Waals surface area contributed by atoms with Crippen molar-refractivity contribution >= 4 is 16.0 Å². The molecule has 0 spiro atoms. The average Bonchev–Trinajstić information content (AvgIpc) is 3.04. The Kier molecular flexibility index (Phi) is 6.82. The third-order valence-corrected chi connectivity index (χ3v) is 7.42. The van der Waals surface area contributed by atoms with Gasteiger partial charge in [0.1, 0.15) is 0 Å². The second-order valence-corrected chi connectivity index (χ2v) is 10.4. The van der Waals surface area contributed by atoms with Crippen LogP contribution in [0, 0.1) is 0 Å². The van der Waals surface area contributed by atoms with Crippen molar-refractivity contribution in [1.29, 1.82) is 0 Å². The lowest BCUT2D eigenvalue weighted by molar-refractivity contribution is 0.0698. The van der Waals surface area contributed by atoms with Gasteiger partial charge in [-0.2, -0.15) is 0 Å². The highest BCUT2D eigenvalue weighted by molar-refractivity contribution is 7.89. The Hall–Kier alpha value is -3.48. The van der Waals surface area contributed by atoms with Gasteiger partial charge in [0.25, 0.3) is 0 Å². The second-order valence-electron chi connectivity index (χ2n) is 8.59. The van der Waals surface area contributed by atoms with Crippen molar-refractivity contribution < 1.29 is 18.3 Å². The fourth-order valence-electron chi connectivity index (χ4n) is 4.07. The van der Waals surface area contributed by atoms with Crippen LogP contribution in [0.4, 0.5) is 0 Å². The minimum atomic E-state index is -3.56. The standard InChI is InChI=1S/C28H27NO4S/c1-19(2)21-11-13-24-25(14-12-21)27(28(30)31)18-26(24)22-8-6-7-20(17-22)15-16-29-34(32,33)23-9-4-3-5-10-23/h3-14,17-19,29H,15-16H2,1-2H3,(H,30,31). The average molecular weight is 474 g/mol. The quantitative estimate of drug-likeness (QED) is 0.339. The molecule has 0 amide bonds. The molecular formula is C28H27NO4S. The predicted molar refractivity (Wildman–Crippen MR) is 135 cm³/mol. The van der Waals surface area contributed by atoms with E-state index in [1.165, 1.54) is 0 Å². The number of fused-ring (bicyclic) bond motifs is 1. The Bertz CT molecular complexity index is 1400. The molecule has 0 atom stereocenters. The predicted octanol–water partition coefficient (Wildman–Crippen LogP) is 5.80. The number of carboxylic acids is 1. The van der Waals surface area contributed by atoms with Gasteiger partial charge in [0.05, 0.1) is 10.5 Å². The molecule has 0 aromatic heterocycles. The minimum Gasteiger partial charge on any atom is -0.478 e. The molecule has 34 heavy (non-hydrogen) atoms. The number of hydrogen-bond acceptors (Lipinski definition) is 3. The minimum absolute atomic E-state index is 0.238. The molecular weight excluding hydrogens is 446 g/mol. The van der Waals surface area contributed by atoms with E-state index < -0.39 is 16.0 Å². The van der Waals surface area contributed by atoms with E-state index in [-0.39, 0.29) is 17.0 Å². The molecule has 0 saturated carbocycles. The normalized spacial score (nSPS) is 11.7. The lowest BCUT2D eigenvalue weighted by Crippen LogP contribution is -2.25. The van der Waals surface area contributed by atoms with E-state index in [0.29, 0.717) is 17.9 Å². The van der Waals surface area contributed by atoms with Crippen LogP contribution in [-0.2, 0) is 16.4 Å². The van der Waals surface area contributed by atoms with Gasteiger partial charge in [0.15, 0.2) is 0 Å². The summed E-state index contributed by atoms with van der Waals surface area (Å²) in [4.78, 5) is 12.2. The summed E-state index contributed by atoms with van der Waals surface area (Å²) in [5.74, 6) is -0.628. The van der Waals surface area contributed by atoms with Gasteiger partial charge in [0, 0.05) is 6.54 Å². The number of benzene rings is 2. The number of nitrogens with one attached hydrogen (secondary N) is 1. The molecule has 2 N–H and O–H groups in total. The number of hydrogen-bond donors (Lipinski definition) is 2. The first kappa shape index (κ1) is 23.7. The maximum Gasteiger partial charge on any atom is 0.336 e. The van der Waals surface area contributed by atoms with Gasteiger partial charge in [-0.05, 0) is 63.9 Å². The Morgan fingerprint density at radius 1 is 0.853 bits per heavy atom. The van der Waals surface area contributed by atoms with Crippen molar-refractivity contribution in [1.82, 2.24) is 4.72 Å². The summed E-state index contributed by atoms with van der Waals surface area (Å²) in [6, 6.07) is 25.7.